The lowest BCUT2D eigenvalue weighted by Gasteiger charge is -2.04. The van der Waals surface area contributed by atoms with Crippen molar-refractivity contribution in [2.45, 2.75) is 25.5 Å². The second-order valence-electron chi connectivity index (χ2n) is 3.79. The van der Waals surface area contributed by atoms with Crippen LogP contribution in [0.4, 0.5) is 0 Å². The third kappa shape index (κ3) is 6.65. The van der Waals surface area contributed by atoms with Gasteiger partial charge in [-0.1, -0.05) is 13.8 Å². The molecule has 0 N–H and O–H groups in total. The molecule has 2 heterocycles. The largest absolute Gasteiger partial charge is 0.285 e. The lowest BCUT2D eigenvalue weighted by molar-refractivity contribution is -0.137. The Labute approximate surface area is 141 Å². The molecule has 0 aromatic carbocycles. The number of carbonyl (C=O) groups is 4. The van der Waals surface area contributed by atoms with Crippen LogP contribution in [0.5, 0.6) is 0 Å². The molecule has 4 amide bonds. The average Bonchev–Trinajstić information content (AvgIpc) is 2.99. The van der Waals surface area contributed by atoms with Crippen LogP contribution in [-0.2, 0) is 19.2 Å². The van der Waals surface area contributed by atoms with Gasteiger partial charge in [0.05, 0.1) is 5.25 Å². The summed E-state index contributed by atoms with van der Waals surface area (Å²) in [4.78, 5) is 44.9. The van der Waals surface area contributed by atoms with Gasteiger partial charge in [0.15, 0.2) is 0 Å². The van der Waals surface area contributed by atoms with E-state index in [2.05, 4.69) is 12.6 Å². The molecule has 0 radical (unpaired) electrons. The first-order chi connectivity index (χ1) is 10.4. The topological polar surface area (TPSA) is 74.8 Å². The first-order valence-electron chi connectivity index (χ1n) is 6.66. The summed E-state index contributed by atoms with van der Waals surface area (Å²) in [5.41, 5.74) is 0. The number of nitrogens with zero attached hydrogens (tertiary/aromatic N) is 2. The molecule has 2 aliphatic heterocycles. The van der Waals surface area contributed by atoms with E-state index in [1.807, 2.05) is 20.1 Å². The molecule has 8 heteroatoms. The minimum Gasteiger partial charge on any atom is -0.285 e. The predicted octanol–water partition coefficient (Wildman–Crippen LogP) is 1.22. The van der Waals surface area contributed by atoms with Crippen molar-refractivity contribution in [1.82, 2.24) is 9.80 Å². The standard InChI is InChI=1S/C6H9NO2S.C5H5NO2.C2H6.CH4S/c1-7-5(8)3-4(10-2)6(7)9;1-6-4(7)2-3-5(6)8;2*1-2/h4H,3H2,1-2H3;2-3H,1H3;1-2H3;2H,1H3. The van der Waals surface area contributed by atoms with Gasteiger partial charge in [0, 0.05) is 32.7 Å². The van der Waals surface area contributed by atoms with E-state index < -0.39 is 0 Å². The van der Waals surface area contributed by atoms with Gasteiger partial charge >= 0.3 is 0 Å². The van der Waals surface area contributed by atoms with Crippen molar-refractivity contribution >= 4 is 48.0 Å². The van der Waals surface area contributed by atoms with E-state index in [9.17, 15) is 19.2 Å². The van der Waals surface area contributed by atoms with Crippen molar-refractivity contribution in [3.05, 3.63) is 12.2 Å². The van der Waals surface area contributed by atoms with E-state index in [0.29, 0.717) is 6.42 Å². The summed E-state index contributed by atoms with van der Waals surface area (Å²) < 4.78 is 0. The molecule has 1 saturated heterocycles. The van der Waals surface area contributed by atoms with Crippen molar-refractivity contribution in [1.29, 1.82) is 0 Å². The number of rotatable bonds is 1. The number of imide groups is 2. The molecule has 0 aliphatic carbocycles. The lowest BCUT2D eigenvalue weighted by Crippen LogP contribution is -2.26. The minimum atomic E-state index is -0.241. The summed E-state index contributed by atoms with van der Waals surface area (Å²) in [7, 11) is 2.98. The van der Waals surface area contributed by atoms with Crippen LogP contribution in [0.25, 0.3) is 0 Å². The molecule has 0 bridgehead atoms. The second kappa shape index (κ2) is 12.3. The Hall–Kier alpha value is -1.28. The normalized spacial score (nSPS) is 19.1. The van der Waals surface area contributed by atoms with Gasteiger partial charge < -0.3 is 0 Å². The second-order valence-corrected chi connectivity index (χ2v) is 4.83. The monoisotopic (exact) mass is 348 g/mol. The highest BCUT2D eigenvalue weighted by atomic mass is 32.2. The minimum absolute atomic E-state index is 0.0579. The fraction of sp³-hybridized carbons (Fsp3) is 0.571. The molecule has 1 fully saturated rings. The molecule has 0 saturated carbocycles. The first-order valence-corrected chi connectivity index (χ1v) is 8.84. The molecule has 0 spiro atoms. The number of hydrogen-bond donors (Lipinski definition) is 1. The van der Waals surface area contributed by atoms with Crippen LogP contribution in [0.1, 0.15) is 20.3 Å². The predicted molar refractivity (Wildman–Crippen MR) is 92.9 cm³/mol. The molecular weight excluding hydrogens is 324 g/mol. The van der Waals surface area contributed by atoms with Crippen LogP contribution in [0.15, 0.2) is 12.2 Å². The highest BCUT2D eigenvalue weighted by molar-refractivity contribution is 8.00. The zero-order valence-corrected chi connectivity index (χ0v) is 15.5. The van der Waals surface area contributed by atoms with Crippen LogP contribution in [0.2, 0.25) is 0 Å². The third-order valence-electron chi connectivity index (χ3n) is 2.65. The van der Waals surface area contributed by atoms with Gasteiger partial charge in [-0.15, -0.1) is 0 Å². The number of likely N-dealkylation sites (N-methyl/N-ethyl adjacent to an activating group) is 1. The highest BCUT2D eigenvalue weighted by Gasteiger charge is 2.34. The number of hydrogen-bond acceptors (Lipinski definition) is 6. The van der Waals surface area contributed by atoms with E-state index >= 15 is 0 Å². The zero-order valence-electron chi connectivity index (χ0n) is 13.8. The van der Waals surface area contributed by atoms with E-state index in [4.69, 9.17) is 0 Å². The fourth-order valence-corrected chi connectivity index (χ4v) is 2.05. The fourth-order valence-electron chi connectivity index (χ4n) is 1.38. The summed E-state index contributed by atoms with van der Waals surface area (Å²) in [6.07, 6.45) is 6.41. The van der Waals surface area contributed by atoms with Gasteiger partial charge in [0.25, 0.3) is 11.8 Å². The number of likely N-dealkylation sites (tertiary alicyclic amines) is 1. The smallest absolute Gasteiger partial charge is 0.253 e. The summed E-state index contributed by atoms with van der Waals surface area (Å²) in [5.74, 6) is -0.605. The molecule has 126 valence electrons. The Morgan fingerprint density at radius 2 is 1.41 bits per heavy atom. The van der Waals surface area contributed by atoms with Crippen LogP contribution in [-0.4, -0.2) is 65.3 Å². The van der Waals surface area contributed by atoms with Crippen LogP contribution >= 0.6 is 24.4 Å². The molecule has 0 aromatic rings. The maximum absolute atomic E-state index is 11.0. The summed E-state index contributed by atoms with van der Waals surface area (Å²) >= 11 is 4.96. The lowest BCUT2D eigenvalue weighted by atomic mass is 10.4. The van der Waals surface area contributed by atoms with Gasteiger partial charge in [0.1, 0.15) is 0 Å². The van der Waals surface area contributed by atoms with Gasteiger partial charge in [-0.25, -0.2) is 0 Å². The summed E-state index contributed by atoms with van der Waals surface area (Å²) in [6.45, 7) is 4.00. The number of thioether (sulfide) groups is 1. The summed E-state index contributed by atoms with van der Waals surface area (Å²) in [6, 6.07) is 0. The van der Waals surface area contributed by atoms with E-state index in [1.165, 1.54) is 42.9 Å². The maximum Gasteiger partial charge on any atom is 0.253 e. The Bertz CT molecular complexity index is 421. The third-order valence-corrected chi connectivity index (χ3v) is 3.59. The number of amides is 4. The van der Waals surface area contributed by atoms with Gasteiger partial charge in [-0.2, -0.15) is 24.4 Å². The quantitative estimate of drug-likeness (QED) is 0.570. The highest BCUT2D eigenvalue weighted by Crippen LogP contribution is 2.21. The zero-order chi connectivity index (χ0) is 17.9. The van der Waals surface area contributed by atoms with Crippen molar-refractivity contribution < 1.29 is 19.2 Å². The average molecular weight is 348 g/mol. The van der Waals surface area contributed by atoms with Crippen molar-refractivity contribution in [2.75, 3.05) is 26.6 Å². The van der Waals surface area contributed by atoms with Crippen LogP contribution in [0.3, 0.4) is 0 Å². The van der Waals surface area contributed by atoms with Crippen molar-refractivity contribution in [3.63, 3.8) is 0 Å². The molecular formula is C14H24N2O4S2. The SMILES string of the molecule is CC.CN1C(=O)C=CC1=O.CS.CSC1CC(=O)N(C)C1=O. The Morgan fingerprint density at radius 1 is 1.00 bits per heavy atom. The molecule has 1 atom stereocenters. The molecule has 0 aromatic heterocycles. The molecule has 2 rings (SSSR count). The number of thiol groups is 1. The molecule has 22 heavy (non-hydrogen) atoms. The van der Waals surface area contributed by atoms with Crippen LogP contribution < -0.4 is 0 Å². The Balaban J connectivity index is 0. The molecule has 2 aliphatic rings. The molecule has 1 unspecified atom stereocenters. The van der Waals surface area contributed by atoms with Crippen molar-refractivity contribution in [2.24, 2.45) is 0 Å². The number of carbonyl (C=O) groups excluding carboxylic acids is 4. The van der Waals surface area contributed by atoms with E-state index in [1.54, 1.807) is 6.26 Å². The van der Waals surface area contributed by atoms with Gasteiger partial charge in [-0.05, 0) is 12.5 Å². The molecule has 6 nitrogen and oxygen atoms in total. The van der Waals surface area contributed by atoms with Gasteiger partial charge in [0.2, 0.25) is 11.8 Å². The van der Waals surface area contributed by atoms with Crippen molar-refractivity contribution in [3.8, 4) is 0 Å². The Morgan fingerprint density at radius 3 is 1.55 bits per heavy atom. The Kier molecular flexibility index (Phi) is 12.8. The summed E-state index contributed by atoms with van der Waals surface area (Å²) in [5, 5.41) is -0.127. The maximum atomic E-state index is 11.0. The van der Waals surface area contributed by atoms with E-state index in [-0.39, 0.29) is 28.9 Å². The van der Waals surface area contributed by atoms with E-state index in [0.717, 1.165) is 4.90 Å². The van der Waals surface area contributed by atoms with Gasteiger partial charge in [-0.3, -0.25) is 29.0 Å². The first kappa shape index (κ1) is 23.0. The van der Waals surface area contributed by atoms with Crippen LogP contribution in [0, 0.1) is 0 Å².